The number of aromatic nitrogens is 4. The molecule has 2 aromatic heterocycles. The number of carbonyl (C=O) groups excluding carboxylic acids is 1. The molecular formula is C20H26N6O. The predicted octanol–water partition coefficient (Wildman–Crippen LogP) is 2.56. The van der Waals surface area contributed by atoms with Gasteiger partial charge in [-0.2, -0.15) is 10.2 Å². The van der Waals surface area contributed by atoms with Crippen LogP contribution in [-0.2, 0) is 13.1 Å². The van der Waals surface area contributed by atoms with E-state index in [1.165, 1.54) is 0 Å². The molecule has 0 spiro atoms. The van der Waals surface area contributed by atoms with Crippen molar-refractivity contribution < 1.29 is 4.79 Å². The van der Waals surface area contributed by atoms with Crippen LogP contribution in [0.3, 0.4) is 0 Å². The second-order valence-corrected chi connectivity index (χ2v) is 7.03. The summed E-state index contributed by atoms with van der Waals surface area (Å²) in [5, 5.41) is 11.7. The third-order valence-corrected chi connectivity index (χ3v) is 4.29. The van der Waals surface area contributed by atoms with Gasteiger partial charge in [0.15, 0.2) is 0 Å². The summed E-state index contributed by atoms with van der Waals surface area (Å²) in [5.74, 6) is -0.141. The van der Waals surface area contributed by atoms with Crippen LogP contribution in [0.5, 0.6) is 0 Å². The quantitative estimate of drug-likeness (QED) is 0.698. The maximum Gasteiger partial charge on any atom is 0.255 e. The lowest BCUT2D eigenvalue weighted by molar-refractivity contribution is 0.102. The average molecular weight is 366 g/mol. The number of rotatable bonds is 7. The van der Waals surface area contributed by atoms with Gasteiger partial charge in [-0.1, -0.05) is 12.1 Å². The average Bonchev–Trinajstić information content (AvgIpc) is 3.19. The number of amides is 1. The van der Waals surface area contributed by atoms with Gasteiger partial charge in [0.1, 0.15) is 0 Å². The normalized spacial score (nSPS) is 11.1. The molecule has 0 atom stereocenters. The summed E-state index contributed by atoms with van der Waals surface area (Å²) in [6.07, 6.45) is 3.52. The largest absolute Gasteiger partial charge is 0.319 e. The van der Waals surface area contributed by atoms with E-state index in [1.54, 1.807) is 6.20 Å². The van der Waals surface area contributed by atoms with E-state index in [1.807, 2.05) is 73.8 Å². The molecule has 0 saturated carbocycles. The van der Waals surface area contributed by atoms with Crippen molar-refractivity contribution in [3.05, 3.63) is 65.2 Å². The lowest BCUT2D eigenvalue weighted by Crippen LogP contribution is -2.18. The van der Waals surface area contributed by atoms with Crippen LogP contribution in [0.1, 0.15) is 27.3 Å². The molecule has 0 aliphatic carbocycles. The Morgan fingerprint density at radius 1 is 1.22 bits per heavy atom. The molecule has 0 fully saturated rings. The molecule has 1 amide bonds. The first-order valence-corrected chi connectivity index (χ1v) is 8.99. The van der Waals surface area contributed by atoms with Gasteiger partial charge < -0.3 is 10.2 Å². The van der Waals surface area contributed by atoms with Crippen molar-refractivity contribution in [3.63, 3.8) is 0 Å². The van der Waals surface area contributed by atoms with E-state index < -0.39 is 0 Å². The van der Waals surface area contributed by atoms with E-state index in [9.17, 15) is 4.79 Å². The van der Waals surface area contributed by atoms with Gasteiger partial charge in [0.05, 0.1) is 30.7 Å². The van der Waals surface area contributed by atoms with Gasteiger partial charge in [-0.25, -0.2) is 0 Å². The highest BCUT2D eigenvalue weighted by Crippen LogP contribution is 2.12. The van der Waals surface area contributed by atoms with E-state index in [2.05, 4.69) is 20.4 Å². The van der Waals surface area contributed by atoms with E-state index in [-0.39, 0.29) is 5.91 Å². The topological polar surface area (TPSA) is 68.0 Å². The smallest absolute Gasteiger partial charge is 0.255 e. The fourth-order valence-corrected chi connectivity index (χ4v) is 2.87. The minimum Gasteiger partial charge on any atom is -0.319 e. The van der Waals surface area contributed by atoms with Crippen LogP contribution < -0.4 is 5.32 Å². The van der Waals surface area contributed by atoms with Crippen LogP contribution in [0.15, 0.2) is 42.7 Å². The number of likely N-dealkylation sites (N-methyl/N-ethyl adjacent to an activating group) is 1. The second-order valence-electron chi connectivity index (χ2n) is 7.03. The standard InChI is InChI=1S/C20H26N6O/c1-15-10-16(2)26(23-15)13-17-6-5-7-18(11-17)20(27)22-19-12-21-25(14-19)9-8-24(3)4/h5-7,10-12,14H,8-9,13H2,1-4H3,(H,22,27). The van der Waals surface area contributed by atoms with Crippen LogP contribution in [-0.4, -0.2) is 51.0 Å². The predicted molar refractivity (Wildman–Crippen MR) is 106 cm³/mol. The third-order valence-electron chi connectivity index (χ3n) is 4.29. The van der Waals surface area contributed by atoms with Gasteiger partial charge in [0.2, 0.25) is 0 Å². The van der Waals surface area contributed by atoms with Gasteiger partial charge in [0.25, 0.3) is 5.91 Å². The van der Waals surface area contributed by atoms with E-state index >= 15 is 0 Å². The number of nitrogens with zero attached hydrogens (tertiary/aromatic N) is 5. The Balaban J connectivity index is 1.66. The van der Waals surface area contributed by atoms with Crippen LogP contribution in [0.25, 0.3) is 0 Å². The maximum absolute atomic E-state index is 12.6. The van der Waals surface area contributed by atoms with Gasteiger partial charge in [-0.15, -0.1) is 0 Å². The molecule has 27 heavy (non-hydrogen) atoms. The Morgan fingerprint density at radius 2 is 2.04 bits per heavy atom. The highest BCUT2D eigenvalue weighted by atomic mass is 16.1. The minimum absolute atomic E-state index is 0.141. The zero-order chi connectivity index (χ0) is 19.4. The third kappa shape index (κ3) is 5.04. The number of carbonyl (C=O) groups is 1. The molecule has 0 radical (unpaired) electrons. The van der Waals surface area contributed by atoms with Crippen LogP contribution in [0.2, 0.25) is 0 Å². The summed E-state index contributed by atoms with van der Waals surface area (Å²) < 4.78 is 3.77. The molecule has 3 aromatic rings. The highest BCUT2D eigenvalue weighted by Gasteiger charge is 2.10. The molecule has 0 saturated heterocycles. The summed E-state index contributed by atoms with van der Waals surface area (Å²) in [6, 6.07) is 9.67. The van der Waals surface area contributed by atoms with Crippen molar-refractivity contribution in [2.75, 3.05) is 26.0 Å². The number of hydrogen-bond acceptors (Lipinski definition) is 4. The van der Waals surface area contributed by atoms with Gasteiger partial charge >= 0.3 is 0 Å². The van der Waals surface area contributed by atoms with Gasteiger partial charge in [0, 0.05) is 24.0 Å². The first kappa shape index (κ1) is 18.8. The lowest BCUT2D eigenvalue weighted by atomic mass is 10.1. The molecule has 2 heterocycles. The summed E-state index contributed by atoms with van der Waals surface area (Å²) in [4.78, 5) is 14.7. The van der Waals surface area contributed by atoms with E-state index in [4.69, 9.17) is 0 Å². The lowest BCUT2D eigenvalue weighted by Gasteiger charge is -2.09. The molecule has 142 valence electrons. The summed E-state index contributed by atoms with van der Waals surface area (Å²) in [7, 11) is 4.04. The van der Waals surface area contributed by atoms with Gasteiger partial charge in [-0.3, -0.25) is 14.2 Å². The van der Waals surface area contributed by atoms with Crippen molar-refractivity contribution in [2.24, 2.45) is 0 Å². The molecule has 0 bridgehead atoms. The second kappa shape index (κ2) is 8.18. The zero-order valence-corrected chi connectivity index (χ0v) is 16.3. The monoisotopic (exact) mass is 366 g/mol. The first-order chi connectivity index (χ1) is 12.9. The number of hydrogen-bond donors (Lipinski definition) is 1. The van der Waals surface area contributed by atoms with E-state index in [0.29, 0.717) is 17.8 Å². The fraction of sp³-hybridized carbons (Fsp3) is 0.350. The summed E-state index contributed by atoms with van der Waals surface area (Å²) >= 11 is 0. The molecule has 0 aliphatic heterocycles. The molecule has 3 rings (SSSR count). The Morgan fingerprint density at radius 3 is 2.74 bits per heavy atom. The van der Waals surface area contributed by atoms with Crippen LogP contribution in [0.4, 0.5) is 5.69 Å². The molecule has 0 unspecified atom stereocenters. The van der Waals surface area contributed by atoms with Gasteiger partial charge in [-0.05, 0) is 51.7 Å². The Labute approximate surface area is 159 Å². The Bertz CT molecular complexity index is 924. The fourth-order valence-electron chi connectivity index (χ4n) is 2.87. The van der Waals surface area contributed by atoms with Crippen molar-refractivity contribution in [2.45, 2.75) is 26.9 Å². The van der Waals surface area contributed by atoms with Crippen molar-refractivity contribution >= 4 is 11.6 Å². The Hall–Kier alpha value is -2.93. The number of aryl methyl sites for hydroxylation is 2. The Kier molecular flexibility index (Phi) is 5.71. The maximum atomic E-state index is 12.6. The van der Waals surface area contributed by atoms with Crippen LogP contribution >= 0.6 is 0 Å². The SMILES string of the molecule is Cc1cc(C)n(Cc2cccc(C(=O)Nc3cnn(CCN(C)C)c3)c2)n1. The molecule has 7 heteroatoms. The highest BCUT2D eigenvalue weighted by molar-refractivity contribution is 6.04. The molecule has 7 nitrogen and oxygen atoms in total. The molecule has 0 aliphatic rings. The van der Waals surface area contributed by atoms with Crippen molar-refractivity contribution in [1.82, 2.24) is 24.5 Å². The summed E-state index contributed by atoms with van der Waals surface area (Å²) in [5.41, 5.74) is 4.45. The minimum atomic E-state index is -0.141. The van der Waals surface area contributed by atoms with Crippen LogP contribution in [0, 0.1) is 13.8 Å². The number of anilines is 1. The van der Waals surface area contributed by atoms with E-state index in [0.717, 1.165) is 30.0 Å². The molecule has 1 N–H and O–H groups in total. The number of nitrogens with one attached hydrogen (secondary N) is 1. The molecule has 1 aromatic carbocycles. The number of benzene rings is 1. The molecular weight excluding hydrogens is 340 g/mol. The van der Waals surface area contributed by atoms with Crippen molar-refractivity contribution in [3.8, 4) is 0 Å². The first-order valence-electron chi connectivity index (χ1n) is 8.99. The van der Waals surface area contributed by atoms with Crippen molar-refractivity contribution in [1.29, 1.82) is 0 Å². The zero-order valence-electron chi connectivity index (χ0n) is 16.3. The summed E-state index contributed by atoms with van der Waals surface area (Å²) in [6.45, 7) is 6.32.